The first-order chi connectivity index (χ1) is 7.65. The largest absolute Gasteiger partial charge is 0.378 e. The van der Waals surface area contributed by atoms with Gasteiger partial charge < -0.3 is 15.8 Å². The van der Waals surface area contributed by atoms with Crippen LogP contribution < -0.4 is 11.1 Å². The SMILES string of the molecule is CC(CCCN)C(=O)NCC1CCOC1C. The van der Waals surface area contributed by atoms with Gasteiger partial charge in [-0.15, -0.1) is 0 Å². The lowest BCUT2D eigenvalue weighted by atomic mass is 10.0. The minimum absolute atomic E-state index is 0.0705. The molecule has 0 bridgehead atoms. The molecule has 3 atom stereocenters. The Labute approximate surface area is 97.9 Å². The molecule has 1 fully saturated rings. The van der Waals surface area contributed by atoms with Crippen LogP contribution in [0.1, 0.15) is 33.1 Å². The van der Waals surface area contributed by atoms with Crippen LogP contribution in [-0.2, 0) is 9.53 Å². The quantitative estimate of drug-likeness (QED) is 0.710. The van der Waals surface area contributed by atoms with E-state index in [-0.39, 0.29) is 17.9 Å². The fraction of sp³-hybridized carbons (Fsp3) is 0.917. The van der Waals surface area contributed by atoms with Crippen LogP contribution in [0, 0.1) is 11.8 Å². The Morgan fingerprint density at radius 3 is 2.94 bits per heavy atom. The van der Waals surface area contributed by atoms with E-state index in [1.54, 1.807) is 0 Å². The van der Waals surface area contributed by atoms with Crippen molar-refractivity contribution in [1.82, 2.24) is 5.32 Å². The van der Waals surface area contributed by atoms with Crippen LogP contribution in [-0.4, -0.2) is 31.7 Å². The van der Waals surface area contributed by atoms with Gasteiger partial charge in [0, 0.05) is 25.0 Å². The van der Waals surface area contributed by atoms with Crippen molar-refractivity contribution in [2.45, 2.75) is 39.2 Å². The average molecular weight is 228 g/mol. The molecule has 0 aromatic carbocycles. The van der Waals surface area contributed by atoms with Crippen molar-refractivity contribution in [3.05, 3.63) is 0 Å². The molecular weight excluding hydrogens is 204 g/mol. The second-order valence-electron chi connectivity index (χ2n) is 4.70. The average Bonchev–Trinajstić information content (AvgIpc) is 2.68. The highest BCUT2D eigenvalue weighted by molar-refractivity contribution is 5.78. The summed E-state index contributed by atoms with van der Waals surface area (Å²) < 4.78 is 5.46. The van der Waals surface area contributed by atoms with Gasteiger partial charge in [0.2, 0.25) is 5.91 Å². The molecule has 0 spiro atoms. The molecular formula is C12H24N2O2. The highest BCUT2D eigenvalue weighted by atomic mass is 16.5. The summed E-state index contributed by atoms with van der Waals surface area (Å²) in [6, 6.07) is 0. The Morgan fingerprint density at radius 2 is 2.38 bits per heavy atom. The molecule has 0 radical (unpaired) electrons. The van der Waals surface area contributed by atoms with E-state index in [9.17, 15) is 4.79 Å². The molecule has 16 heavy (non-hydrogen) atoms. The maximum absolute atomic E-state index is 11.7. The van der Waals surface area contributed by atoms with Crippen LogP contribution in [0.5, 0.6) is 0 Å². The molecule has 1 heterocycles. The Morgan fingerprint density at radius 1 is 1.62 bits per heavy atom. The predicted octanol–water partition coefficient (Wildman–Crippen LogP) is 0.903. The topological polar surface area (TPSA) is 64.4 Å². The Bertz CT molecular complexity index is 221. The Balaban J connectivity index is 2.18. The second kappa shape index (κ2) is 6.86. The molecule has 0 aromatic rings. The molecule has 0 aromatic heterocycles. The fourth-order valence-electron chi connectivity index (χ4n) is 2.01. The number of carbonyl (C=O) groups is 1. The van der Waals surface area contributed by atoms with Crippen molar-refractivity contribution in [1.29, 1.82) is 0 Å². The number of hydrogen-bond acceptors (Lipinski definition) is 3. The van der Waals surface area contributed by atoms with Gasteiger partial charge in [-0.2, -0.15) is 0 Å². The molecule has 1 aliphatic heterocycles. The molecule has 0 saturated carbocycles. The summed E-state index contributed by atoms with van der Waals surface area (Å²) in [4.78, 5) is 11.7. The fourth-order valence-corrected chi connectivity index (χ4v) is 2.01. The summed E-state index contributed by atoms with van der Waals surface area (Å²) in [6.45, 7) is 6.25. The molecule has 3 unspecified atom stereocenters. The zero-order valence-electron chi connectivity index (χ0n) is 10.4. The van der Waals surface area contributed by atoms with Crippen LogP contribution in [0.4, 0.5) is 0 Å². The van der Waals surface area contributed by atoms with Crippen molar-refractivity contribution in [2.75, 3.05) is 19.7 Å². The molecule has 4 nitrogen and oxygen atoms in total. The second-order valence-corrected chi connectivity index (χ2v) is 4.70. The molecule has 1 rings (SSSR count). The summed E-state index contributed by atoms with van der Waals surface area (Å²) in [5, 5.41) is 3.00. The number of ether oxygens (including phenoxy) is 1. The van der Waals surface area contributed by atoms with E-state index in [1.807, 2.05) is 6.92 Å². The summed E-state index contributed by atoms with van der Waals surface area (Å²) in [7, 11) is 0. The van der Waals surface area contributed by atoms with Gasteiger partial charge in [0.1, 0.15) is 0 Å². The first kappa shape index (κ1) is 13.5. The van der Waals surface area contributed by atoms with E-state index >= 15 is 0 Å². The summed E-state index contributed by atoms with van der Waals surface area (Å²) >= 11 is 0. The van der Waals surface area contributed by atoms with Crippen molar-refractivity contribution in [2.24, 2.45) is 17.6 Å². The predicted molar refractivity (Wildman–Crippen MR) is 64.0 cm³/mol. The number of carbonyl (C=O) groups excluding carboxylic acids is 1. The summed E-state index contributed by atoms with van der Waals surface area (Å²) in [5.41, 5.74) is 5.42. The first-order valence-corrected chi connectivity index (χ1v) is 6.24. The van der Waals surface area contributed by atoms with Crippen molar-refractivity contribution < 1.29 is 9.53 Å². The molecule has 1 aliphatic rings. The minimum atomic E-state index is 0.0705. The zero-order chi connectivity index (χ0) is 12.0. The monoisotopic (exact) mass is 228 g/mol. The van der Waals surface area contributed by atoms with Crippen molar-refractivity contribution in [3.8, 4) is 0 Å². The van der Waals surface area contributed by atoms with Gasteiger partial charge in [-0.3, -0.25) is 4.79 Å². The third-order valence-corrected chi connectivity index (χ3v) is 3.36. The highest BCUT2D eigenvalue weighted by Crippen LogP contribution is 2.19. The van der Waals surface area contributed by atoms with E-state index in [0.717, 1.165) is 32.4 Å². The molecule has 1 amide bonds. The Hall–Kier alpha value is -0.610. The maximum Gasteiger partial charge on any atom is 0.222 e. The lowest BCUT2D eigenvalue weighted by molar-refractivity contribution is -0.124. The molecule has 1 saturated heterocycles. The van der Waals surface area contributed by atoms with E-state index in [1.165, 1.54) is 0 Å². The third-order valence-electron chi connectivity index (χ3n) is 3.36. The van der Waals surface area contributed by atoms with E-state index in [0.29, 0.717) is 12.5 Å². The molecule has 3 N–H and O–H groups in total. The lowest BCUT2D eigenvalue weighted by Gasteiger charge is -2.17. The number of nitrogens with two attached hydrogens (primary N) is 1. The van der Waals surface area contributed by atoms with Crippen LogP contribution in [0.25, 0.3) is 0 Å². The molecule has 94 valence electrons. The number of amides is 1. The van der Waals surface area contributed by atoms with Crippen LogP contribution in [0.2, 0.25) is 0 Å². The first-order valence-electron chi connectivity index (χ1n) is 6.24. The lowest BCUT2D eigenvalue weighted by Crippen LogP contribution is -2.35. The van der Waals surface area contributed by atoms with E-state index < -0.39 is 0 Å². The molecule has 0 aliphatic carbocycles. The van der Waals surface area contributed by atoms with Gasteiger partial charge in [-0.25, -0.2) is 0 Å². The van der Waals surface area contributed by atoms with Crippen molar-refractivity contribution >= 4 is 5.91 Å². The minimum Gasteiger partial charge on any atom is -0.378 e. The van der Waals surface area contributed by atoms with Crippen molar-refractivity contribution in [3.63, 3.8) is 0 Å². The maximum atomic E-state index is 11.7. The van der Waals surface area contributed by atoms with Gasteiger partial charge >= 0.3 is 0 Å². The number of nitrogens with one attached hydrogen (secondary N) is 1. The number of rotatable bonds is 6. The molecule has 4 heteroatoms. The van der Waals surface area contributed by atoms with Crippen LogP contribution >= 0.6 is 0 Å². The van der Waals surface area contributed by atoms with Gasteiger partial charge in [0.15, 0.2) is 0 Å². The highest BCUT2D eigenvalue weighted by Gasteiger charge is 2.25. The van der Waals surface area contributed by atoms with Gasteiger partial charge in [-0.1, -0.05) is 6.92 Å². The third kappa shape index (κ3) is 4.10. The zero-order valence-corrected chi connectivity index (χ0v) is 10.4. The van der Waals surface area contributed by atoms with E-state index in [4.69, 9.17) is 10.5 Å². The smallest absolute Gasteiger partial charge is 0.222 e. The van der Waals surface area contributed by atoms with E-state index in [2.05, 4.69) is 12.2 Å². The number of hydrogen-bond donors (Lipinski definition) is 2. The van der Waals surface area contributed by atoms with Crippen LogP contribution in [0.15, 0.2) is 0 Å². The van der Waals surface area contributed by atoms with Crippen LogP contribution in [0.3, 0.4) is 0 Å². The van der Waals surface area contributed by atoms with Gasteiger partial charge in [0.05, 0.1) is 6.10 Å². The Kier molecular flexibility index (Phi) is 5.77. The van der Waals surface area contributed by atoms with Gasteiger partial charge in [0.25, 0.3) is 0 Å². The normalized spacial score (nSPS) is 26.7. The van der Waals surface area contributed by atoms with Gasteiger partial charge in [-0.05, 0) is 32.7 Å². The summed E-state index contributed by atoms with van der Waals surface area (Å²) in [6.07, 6.45) is 3.12. The standard InChI is InChI=1S/C12H24N2O2/c1-9(4-3-6-13)12(15)14-8-11-5-7-16-10(11)2/h9-11H,3-8,13H2,1-2H3,(H,14,15). The summed E-state index contributed by atoms with van der Waals surface area (Å²) in [5.74, 6) is 0.694.